The third-order valence-electron chi connectivity index (χ3n) is 5.65. The molecular weight excluding hydrogens is 550 g/mol. The van der Waals surface area contributed by atoms with Gasteiger partial charge in [-0.1, -0.05) is 0 Å². The second-order valence-electron chi connectivity index (χ2n) is 8.52. The number of rotatable bonds is 9. The molecule has 10 heteroatoms. The number of hydrogen-bond donors (Lipinski definition) is 0. The van der Waals surface area contributed by atoms with Gasteiger partial charge in [-0.05, 0) is 111 Å². The second kappa shape index (κ2) is 12.4. The zero-order valence-electron chi connectivity index (χ0n) is 19.7. The fourth-order valence-corrected chi connectivity index (χ4v) is 9.08. The van der Waals surface area contributed by atoms with E-state index in [1.165, 1.54) is 0 Å². The Morgan fingerprint density at radius 3 is 0.684 bits per heavy atom. The summed E-state index contributed by atoms with van der Waals surface area (Å²) in [6, 6.07) is 11.8. The number of unbranched alkanes of at least 4 members (excludes halogenated alkanes) is 1. The summed E-state index contributed by atoms with van der Waals surface area (Å²) in [7, 11) is -3.14. The largest absolute Gasteiger partial charge is 0.207 e. The van der Waals surface area contributed by atoms with Crippen molar-refractivity contribution in [2.45, 2.75) is 12.8 Å². The van der Waals surface area contributed by atoms with Crippen molar-refractivity contribution in [1.82, 2.24) is 0 Å². The van der Waals surface area contributed by atoms with E-state index < -0.39 is 62.4 Å². The fourth-order valence-electron chi connectivity index (χ4n) is 4.13. The van der Waals surface area contributed by atoms with Crippen LogP contribution in [0.3, 0.4) is 0 Å². The van der Waals surface area contributed by atoms with Crippen molar-refractivity contribution >= 4 is 37.1 Å². The minimum atomic E-state index is -1.57. The van der Waals surface area contributed by atoms with Crippen LogP contribution in [0.5, 0.6) is 0 Å². The maximum atomic E-state index is 14.0. The minimum Gasteiger partial charge on any atom is -0.207 e. The predicted molar refractivity (Wildman–Crippen MR) is 137 cm³/mol. The molecule has 4 aromatic carbocycles. The van der Waals surface area contributed by atoms with Gasteiger partial charge in [-0.25, -0.2) is 35.1 Å². The lowest BCUT2D eigenvalue weighted by molar-refractivity contribution is 0.584. The van der Waals surface area contributed by atoms with Crippen molar-refractivity contribution in [2.24, 2.45) is 0 Å². The molecule has 0 bridgehead atoms. The van der Waals surface area contributed by atoms with E-state index in [0.717, 1.165) is 48.5 Å². The van der Waals surface area contributed by atoms with Crippen molar-refractivity contribution in [1.29, 1.82) is 0 Å². The summed E-state index contributed by atoms with van der Waals surface area (Å²) in [6.07, 6.45) is 1.38. The zero-order valence-corrected chi connectivity index (χ0v) is 21.5. The molecule has 0 saturated heterocycles. The number of hydrogen-bond acceptors (Lipinski definition) is 0. The normalized spacial score (nSPS) is 11.5. The molecule has 0 aliphatic rings. The topological polar surface area (TPSA) is 0 Å². The summed E-state index contributed by atoms with van der Waals surface area (Å²) in [5.41, 5.74) is 0. The Bertz CT molecular complexity index is 1150. The smallest absolute Gasteiger partial charge is 0.126 e. The third-order valence-corrected chi connectivity index (χ3v) is 10.7. The molecule has 0 aliphatic heterocycles. The molecule has 38 heavy (non-hydrogen) atoms. The first-order valence-electron chi connectivity index (χ1n) is 11.5. The van der Waals surface area contributed by atoms with Crippen LogP contribution in [-0.4, -0.2) is 12.3 Å². The van der Waals surface area contributed by atoms with Gasteiger partial charge in [-0.2, -0.15) is 0 Å². The fraction of sp³-hybridized carbons (Fsp3) is 0.143. The van der Waals surface area contributed by atoms with Crippen molar-refractivity contribution in [3.8, 4) is 0 Å². The summed E-state index contributed by atoms with van der Waals surface area (Å²) in [5, 5.41) is 1.02. The average Bonchev–Trinajstić information content (AvgIpc) is 2.78. The van der Waals surface area contributed by atoms with Gasteiger partial charge in [-0.3, -0.25) is 0 Å². The third kappa shape index (κ3) is 7.39. The summed E-state index contributed by atoms with van der Waals surface area (Å²) in [5.74, 6) is -6.60. The van der Waals surface area contributed by atoms with Crippen LogP contribution in [0.4, 0.5) is 35.1 Å². The van der Waals surface area contributed by atoms with Crippen LogP contribution in [0.15, 0.2) is 72.8 Å². The molecule has 0 unspecified atom stereocenters. The summed E-state index contributed by atoms with van der Waals surface area (Å²) >= 11 is 0. The summed E-state index contributed by atoms with van der Waals surface area (Å²) in [6.45, 7) is 0. The van der Waals surface area contributed by atoms with Gasteiger partial charge in [0, 0.05) is 24.3 Å². The molecule has 0 heterocycles. The maximum absolute atomic E-state index is 14.0. The van der Waals surface area contributed by atoms with Crippen LogP contribution < -0.4 is 21.2 Å². The molecule has 0 aliphatic carbocycles. The second-order valence-corrected chi connectivity index (χ2v) is 13.2. The van der Waals surface area contributed by atoms with Crippen molar-refractivity contribution < 1.29 is 35.1 Å². The van der Waals surface area contributed by atoms with Crippen LogP contribution in [-0.2, 0) is 0 Å². The highest BCUT2D eigenvalue weighted by molar-refractivity contribution is 7.73. The van der Waals surface area contributed by atoms with E-state index in [1.807, 2.05) is 0 Å². The highest BCUT2D eigenvalue weighted by Gasteiger charge is 2.20. The Balaban J connectivity index is 1.59. The molecular formula is C28H20F8P2. The molecule has 4 rings (SSSR count). The number of halogens is 8. The van der Waals surface area contributed by atoms with E-state index in [0.29, 0.717) is 49.4 Å². The summed E-state index contributed by atoms with van der Waals surface area (Å²) < 4.78 is 112. The van der Waals surface area contributed by atoms with Crippen LogP contribution in [0, 0.1) is 46.5 Å². The van der Waals surface area contributed by atoms with Crippen LogP contribution in [0.25, 0.3) is 0 Å². The maximum Gasteiger partial charge on any atom is 0.126 e. The first-order chi connectivity index (χ1) is 18.1. The molecule has 0 saturated carbocycles. The molecule has 4 aromatic rings. The van der Waals surface area contributed by atoms with Crippen molar-refractivity contribution in [2.75, 3.05) is 12.3 Å². The van der Waals surface area contributed by atoms with Gasteiger partial charge in [0.05, 0.1) is 0 Å². The molecule has 0 atom stereocenters. The Labute approximate surface area is 216 Å². The van der Waals surface area contributed by atoms with E-state index in [2.05, 4.69) is 0 Å². The molecule has 0 aromatic heterocycles. The van der Waals surface area contributed by atoms with Crippen LogP contribution in [0.2, 0.25) is 0 Å². The Morgan fingerprint density at radius 2 is 0.500 bits per heavy atom. The SMILES string of the molecule is Fc1cc(F)cc(P(CCCCP(c2cc(F)cc(F)c2)c2cc(F)cc(F)c2)c2cc(F)cc(F)c2)c1. The van der Waals surface area contributed by atoms with Gasteiger partial charge >= 0.3 is 0 Å². The standard InChI is InChI=1S/C28H20F8P2/c29-17-5-18(30)10-25(9-17)37(26-11-19(31)6-20(32)12-26)3-1-2-4-38(27-13-21(33)7-22(34)14-27)28-15-23(35)8-24(36)16-28/h5-16H,1-4H2. The first kappa shape index (κ1) is 28.2. The van der Waals surface area contributed by atoms with E-state index in [9.17, 15) is 35.1 Å². The lowest BCUT2D eigenvalue weighted by atomic mass is 10.3. The number of benzene rings is 4. The van der Waals surface area contributed by atoms with Gasteiger partial charge in [0.25, 0.3) is 0 Å². The van der Waals surface area contributed by atoms with Crippen molar-refractivity contribution in [3.63, 3.8) is 0 Å². The van der Waals surface area contributed by atoms with Gasteiger partial charge in [0.2, 0.25) is 0 Å². The molecule has 0 N–H and O–H groups in total. The lowest BCUT2D eigenvalue weighted by Gasteiger charge is -2.22. The Hall–Kier alpha value is -2.82. The molecule has 0 radical (unpaired) electrons. The van der Waals surface area contributed by atoms with E-state index in [-0.39, 0.29) is 21.2 Å². The Morgan fingerprint density at radius 1 is 0.316 bits per heavy atom. The monoisotopic (exact) mass is 570 g/mol. The van der Waals surface area contributed by atoms with E-state index in [4.69, 9.17) is 0 Å². The summed E-state index contributed by atoms with van der Waals surface area (Å²) in [4.78, 5) is 0. The highest BCUT2D eigenvalue weighted by Crippen LogP contribution is 2.39. The predicted octanol–water partition coefficient (Wildman–Crippen LogP) is 7.15. The van der Waals surface area contributed by atoms with Gasteiger partial charge in [-0.15, -0.1) is 0 Å². The van der Waals surface area contributed by atoms with Crippen LogP contribution >= 0.6 is 15.8 Å². The lowest BCUT2D eigenvalue weighted by Crippen LogP contribution is -2.18. The molecule has 0 nitrogen and oxygen atoms in total. The molecule has 0 amide bonds. The van der Waals surface area contributed by atoms with Gasteiger partial charge in [0.1, 0.15) is 46.5 Å². The first-order valence-corrected chi connectivity index (χ1v) is 14.5. The zero-order chi connectivity index (χ0) is 27.4. The van der Waals surface area contributed by atoms with E-state index >= 15 is 0 Å². The molecule has 198 valence electrons. The van der Waals surface area contributed by atoms with Gasteiger partial charge < -0.3 is 0 Å². The average molecular weight is 570 g/mol. The Kier molecular flexibility index (Phi) is 9.17. The van der Waals surface area contributed by atoms with Crippen LogP contribution in [0.1, 0.15) is 12.8 Å². The highest BCUT2D eigenvalue weighted by atomic mass is 31.1. The van der Waals surface area contributed by atoms with Crippen molar-refractivity contribution in [3.05, 3.63) is 119 Å². The quantitative estimate of drug-likeness (QED) is 0.114. The van der Waals surface area contributed by atoms with Gasteiger partial charge in [0.15, 0.2) is 0 Å². The van der Waals surface area contributed by atoms with E-state index in [1.54, 1.807) is 0 Å². The molecule has 0 spiro atoms. The molecule has 0 fully saturated rings. The minimum absolute atomic E-state index is 0.254.